The fraction of sp³-hybridized carbons (Fsp3) is 0.562. The van der Waals surface area contributed by atoms with Gasteiger partial charge in [-0.2, -0.15) is 0 Å². The van der Waals surface area contributed by atoms with Crippen LogP contribution >= 0.6 is 0 Å². The lowest BCUT2D eigenvalue weighted by molar-refractivity contribution is -0.121. The highest BCUT2D eigenvalue weighted by atomic mass is 16.7. The van der Waals surface area contributed by atoms with Gasteiger partial charge in [0.15, 0.2) is 11.5 Å². The Bertz CT molecular complexity index is 509. The van der Waals surface area contributed by atoms with Crippen LogP contribution in [-0.2, 0) is 11.3 Å². The summed E-state index contributed by atoms with van der Waals surface area (Å²) in [6, 6.07) is 5.54. The highest BCUT2D eigenvalue weighted by Gasteiger charge is 2.20. The van der Waals surface area contributed by atoms with E-state index in [2.05, 4.69) is 26.1 Å². The lowest BCUT2D eigenvalue weighted by atomic mass is 9.87. The molecule has 1 unspecified atom stereocenters. The first-order chi connectivity index (χ1) is 9.85. The van der Waals surface area contributed by atoms with E-state index in [1.807, 2.05) is 18.2 Å². The fourth-order valence-corrected chi connectivity index (χ4v) is 2.49. The van der Waals surface area contributed by atoms with Crippen molar-refractivity contribution in [3.05, 3.63) is 23.8 Å². The standard InChI is InChI=1S/C16H24N2O3/c1-16(2,3)8-12(17)7-14(19)18-9-11-5-4-6-13-15(11)21-10-20-13/h4-6,12H,7-10,17H2,1-3H3,(H,18,19). The third kappa shape index (κ3) is 4.63. The van der Waals surface area contributed by atoms with Crippen LogP contribution in [0.15, 0.2) is 18.2 Å². The molecule has 1 aromatic carbocycles. The Kier molecular flexibility index (Phi) is 4.73. The van der Waals surface area contributed by atoms with Gasteiger partial charge >= 0.3 is 0 Å². The second kappa shape index (κ2) is 6.35. The van der Waals surface area contributed by atoms with Crippen molar-refractivity contribution in [3.63, 3.8) is 0 Å². The third-order valence-electron chi connectivity index (χ3n) is 3.28. The van der Waals surface area contributed by atoms with E-state index < -0.39 is 0 Å². The summed E-state index contributed by atoms with van der Waals surface area (Å²) in [6.45, 7) is 7.02. The van der Waals surface area contributed by atoms with E-state index >= 15 is 0 Å². The minimum Gasteiger partial charge on any atom is -0.454 e. The molecule has 0 radical (unpaired) electrons. The minimum atomic E-state index is -0.119. The summed E-state index contributed by atoms with van der Waals surface area (Å²) >= 11 is 0. The lowest BCUT2D eigenvalue weighted by Gasteiger charge is -2.22. The second-order valence-electron chi connectivity index (χ2n) is 6.66. The zero-order valence-corrected chi connectivity index (χ0v) is 12.9. The predicted molar refractivity (Wildman–Crippen MR) is 81.1 cm³/mol. The summed E-state index contributed by atoms with van der Waals surface area (Å²) in [6.07, 6.45) is 1.15. The maximum absolute atomic E-state index is 11.9. The van der Waals surface area contributed by atoms with Gasteiger partial charge in [-0.3, -0.25) is 4.79 Å². The molecule has 0 aromatic heterocycles. The van der Waals surface area contributed by atoms with Crippen molar-refractivity contribution in [3.8, 4) is 11.5 Å². The number of benzene rings is 1. The summed E-state index contributed by atoms with van der Waals surface area (Å²) in [5.41, 5.74) is 7.06. The molecule has 5 heteroatoms. The van der Waals surface area contributed by atoms with Crippen molar-refractivity contribution in [1.82, 2.24) is 5.32 Å². The second-order valence-corrected chi connectivity index (χ2v) is 6.66. The third-order valence-corrected chi connectivity index (χ3v) is 3.28. The van der Waals surface area contributed by atoms with Crippen LogP contribution in [0.5, 0.6) is 11.5 Å². The Morgan fingerprint density at radius 2 is 2.14 bits per heavy atom. The number of amides is 1. The van der Waals surface area contributed by atoms with Crippen LogP contribution in [0.25, 0.3) is 0 Å². The highest BCUT2D eigenvalue weighted by Crippen LogP contribution is 2.35. The van der Waals surface area contributed by atoms with E-state index in [4.69, 9.17) is 15.2 Å². The number of ether oxygens (including phenoxy) is 2. The summed E-state index contributed by atoms with van der Waals surface area (Å²) in [5.74, 6) is 1.41. The Morgan fingerprint density at radius 3 is 2.86 bits per heavy atom. The number of rotatable bonds is 5. The monoisotopic (exact) mass is 292 g/mol. The van der Waals surface area contributed by atoms with Gasteiger partial charge < -0.3 is 20.5 Å². The molecule has 1 amide bonds. The zero-order valence-electron chi connectivity index (χ0n) is 12.9. The maximum atomic E-state index is 11.9. The van der Waals surface area contributed by atoms with E-state index in [0.29, 0.717) is 13.0 Å². The number of nitrogens with one attached hydrogen (secondary N) is 1. The van der Waals surface area contributed by atoms with Gasteiger partial charge in [0.2, 0.25) is 12.7 Å². The molecule has 1 aliphatic rings. The van der Waals surface area contributed by atoms with Crippen molar-refractivity contribution < 1.29 is 14.3 Å². The van der Waals surface area contributed by atoms with E-state index in [1.165, 1.54) is 0 Å². The molecule has 116 valence electrons. The molecule has 0 spiro atoms. The average molecular weight is 292 g/mol. The number of carbonyl (C=O) groups is 1. The van der Waals surface area contributed by atoms with Crippen LogP contribution in [0.1, 0.15) is 39.2 Å². The maximum Gasteiger partial charge on any atom is 0.231 e. The first-order valence-corrected chi connectivity index (χ1v) is 7.25. The summed E-state index contributed by atoms with van der Waals surface area (Å²) in [5, 5.41) is 2.89. The summed E-state index contributed by atoms with van der Waals surface area (Å²) in [7, 11) is 0. The van der Waals surface area contributed by atoms with Crippen molar-refractivity contribution in [2.24, 2.45) is 11.1 Å². The van der Waals surface area contributed by atoms with Gasteiger partial charge in [0.05, 0.1) is 0 Å². The molecule has 1 heterocycles. The average Bonchev–Trinajstić information content (AvgIpc) is 2.82. The van der Waals surface area contributed by atoms with Crippen molar-refractivity contribution in [1.29, 1.82) is 0 Å². The molecule has 1 aromatic rings. The number of para-hydroxylation sites is 1. The summed E-state index contributed by atoms with van der Waals surface area (Å²) < 4.78 is 10.7. The molecule has 0 saturated carbocycles. The van der Waals surface area contributed by atoms with E-state index in [-0.39, 0.29) is 24.2 Å². The van der Waals surface area contributed by atoms with Gasteiger partial charge in [-0.1, -0.05) is 32.9 Å². The number of fused-ring (bicyclic) bond motifs is 1. The molecule has 0 saturated heterocycles. The van der Waals surface area contributed by atoms with E-state index in [9.17, 15) is 4.79 Å². The summed E-state index contributed by atoms with van der Waals surface area (Å²) in [4.78, 5) is 11.9. The Labute approximate surface area is 125 Å². The van der Waals surface area contributed by atoms with E-state index in [0.717, 1.165) is 23.5 Å². The molecule has 0 bridgehead atoms. The topological polar surface area (TPSA) is 73.6 Å². The molecular weight excluding hydrogens is 268 g/mol. The van der Waals surface area contributed by atoms with Crippen molar-refractivity contribution >= 4 is 5.91 Å². The van der Waals surface area contributed by atoms with Crippen LogP contribution in [0.2, 0.25) is 0 Å². The zero-order chi connectivity index (χ0) is 15.5. The predicted octanol–water partition coefficient (Wildman–Crippen LogP) is 2.19. The number of carbonyl (C=O) groups excluding carboxylic acids is 1. The number of nitrogens with two attached hydrogens (primary N) is 1. The van der Waals surface area contributed by atoms with Gasteiger partial charge in [-0.25, -0.2) is 0 Å². The van der Waals surface area contributed by atoms with Crippen LogP contribution in [0, 0.1) is 5.41 Å². The van der Waals surface area contributed by atoms with Crippen LogP contribution in [0.4, 0.5) is 0 Å². The molecule has 2 rings (SSSR count). The van der Waals surface area contributed by atoms with Crippen LogP contribution in [-0.4, -0.2) is 18.7 Å². The number of hydrogen-bond acceptors (Lipinski definition) is 4. The molecule has 1 aliphatic heterocycles. The Morgan fingerprint density at radius 1 is 1.38 bits per heavy atom. The number of hydrogen-bond donors (Lipinski definition) is 2. The van der Waals surface area contributed by atoms with Crippen LogP contribution < -0.4 is 20.5 Å². The SMILES string of the molecule is CC(C)(C)CC(N)CC(=O)NCc1cccc2c1OCO2. The first kappa shape index (κ1) is 15.6. The van der Waals surface area contributed by atoms with Gasteiger partial charge in [0, 0.05) is 24.6 Å². The van der Waals surface area contributed by atoms with E-state index in [1.54, 1.807) is 0 Å². The van der Waals surface area contributed by atoms with Gasteiger partial charge in [-0.15, -0.1) is 0 Å². The molecule has 5 nitrogen and oxygen atoms in total. The van der Waals surface area contributed by atoms with Crippen LogP contribution in [0.3, 0.4) is 0 Å². The highest BCUT2D eigenvalue weighted by molar-refractivity contribution is 5.76. The quantitative estimate of drug-likeness (QED) is 0.872. The first-order valence-electron chi connectivity index (χ1n) is 7.25. The largest absolute Gasteiger partial charge is 0.454 e. The molecule has 0 aliphatic carbocycles. The van der Waals surface area contributed by atoms with Crippen molar-refractivity contribution in [2.45, 2.75) is 46.2 Å². The smallest absolute Gasteiger partial charge is 0.231 e. The molecule has 3 N–H and O–H groups in total. The van der Waals surface area contributed by atoms with Gasteiger partial charge in [-0.05, 0) is 17.9 Å². The van der Waals surface area contributed by atoms with Gasteiger partial charge in [0.1, 0.15) is 0 Å². The fourth-order valence-electron chi connectivity index (χ4n) is 2.49. The van der Waals surface area contributed by atoms with Gasteiger partial charge in [0.25, 0.3) is 0 Å². The Hall–Kier alpha value is -1.75. The molecule has 1 atom stereocenters. The Balaban J connectivity index is 1.83. The molecular formula is C16H24N2O3. The normalized spacial score (nSPS) is 14.9. The lowest BCUT2D eigenvalue weighted by Crippen LogP contribution is -2.34. The van der Waals surface area contributed by atoms with Crippen molar-refractivity contribution in [2.75, 3.05) is 6.79 Å². The molecule has 0 fully saturated rings. The molecule has 21 heavy (non-hydrogen) atoms. The minimum absolute atomic E-state index is 0.0386.